The second-order valence-corrected chi connectivity index (χ2v) is 3.94. The minimum atomic E-state index is -0.291. The van der Waals surface area contributed by atoms with E-state index in [2.05, 4.69) is 12.6 Å². The van der Waals surface area contributed by atoms with Crippen molar-refractivity contribution >= 4 is 20.4 Å². The molecule has 0 bridgehead atoms. The zero-order valence-corrected chi connectivity index (χ0v) is 7.29. The molecule has 2 N–H and O–H groups in total. The molecule has 0 unspecified atom stereocenters. The predicted molar refractivity (Wildman–Crippen MR) is 49.2 cm³/mol. The molecule has 0 aliphatic heterocycles. The van der Waals surface area contributed by atoms with Gasteiger partial charge in [-0.1, -0.05) is 18.2 Å². The third-order valence-corrected chi connectivity index (χ3v) is 2.79. The van der Waals surface area contributed by atoms with E-state index in [9.17, 15) is 0 Å². The van der Waals surface area contributed by atoms with Gasteiger partial charge in [-0.25, -0.2) is 0 Å². The SMILES string of the molecule is C=C[SiH2]c1ccccc1N. The van der Waals surface area contributed by atoms with Crippen LogP contribution in [0.2, 0.25) is 0 Å². The Balaban J connectivity index is 2.91. The highest BCUT2D eigenvalue weighted by atomic mass is 28.2. The molecule has 1 aromatic rings. The van der Waals surface area contributed by atoms with Crippen molar-refractivity contribution in [1.29, 1.82) is 0 Å². The summed E-state index contributed by atoms with van der Waals surface area (Å²) in [5, 5.41) is 1.29. The van der Waals surface area contributed by atoms with E-state index >= 15 is 0 Å². The summed E-state index contributed by atoms with van der Waals surface area (Å²) in [6, 6.07) is 7.98. The minimum Gasteiger partial charge on any atom is -0.399 e. The number of anilines is 1. The lowest BCUT2D eigenvalue weighted by molar-refractivity contribution is 1.74. The first-order chi connectivity index (χ1) is 4.84. The van der Waals surface area contributed by atoms with E-state index in [1.54, 1.807) is 0 Å². The van der Waals surface area contributed by atoms with Crippen LogP contribution in [0.5, 0.6) is 0 Å². The van der Waals surface area contributed by atoms with Crippen molar-refractivity contribution in [2.45, 2.75) is 0 Å². The predicted octanol–water partition coefficient (Wildman–Crippen LogP) is 0.206. The summed E-state index contributed by atoms with van der Waals surface area (Å²) in [4.78, 5) is 0. The second kappa shape index (κ2) is 3.22. The minimum absolute atomic E-state index is 0.291. The summed E-state index contributed by atoms with van der Waals surface area (Å²) >= 11 is 0. The molecule has 0 amide bonds. The number of hydrogen-bond donors (Lipinski definition) is 1. The molecule has 0 saturated heterocycles. The summed E-state index contributed by atoms with van der Waals surface area (Å²) in [5.74, 6) is 0. The molecule has 52 valence electrons. The fraction of sp³-hybridized carbons (Fsp3) is 0. The number of benzene rings is 1. The van der Waals surface area contributed by atoms with Gasteiger partial charge in [-0.05, 0) is 11.3 Å². The summed E-state index contributed by atoms with van der Waals surface area (Å²) in [6.07, 6.45) is 0. The van der Waals surface area contributed by atoms with Gasteiger partial charge >= 0.3 is 0 Å². The van der Waals surface area contributed by atoms with Crippen molar-refractivity contribution in [2.75, 3.05) is 5.73 Å². The highest BCUT2D eigenvalue weighted by molar-refractivity contribution is 6.60. The molecule has 0 fully saturated rings. The number of para-hydroxylation sites is 1. The van der Waals surface area contributed by atoms with Crippen molar-refractivity contribution in [3.05, 3.63) is 36.5 Å². The van der Waals surface area contributed by atoms with E-state index in [1.165, 1.54) is 5.19 Å². The van der Waals surface area contributed by atoms with Crippen LogP contribution in [0.1, 0.15) is 0 Å². The Morgan fingerprint density at radius 2 is 2.10 bits per heavy atom. The van der Waals surface area contributed by atoms with Crippen LogP contribution in [-0.2, 0) is 0 Å². The van der Waals surface area contributed by atoms with E-state index in [-0.39, 0.29) is 9.52 Å². The van der Waals surface area contributed by atoms with Gasteiger partial charge in [0.2, 0.25) is 0 Å². The molecule has 0 aromatic heterocycles. The van der Waals surface area contributed by atoms with E-state index in [0.717, 1.165) is 5.69 Å². The van der Waals surface area contributed by atoms with Gasteiger partial charge in [0.25, 0.3) is 0 Å². The molecule has 0 radical (unpaired) electrons. The summed E-state index contributed by atoms with van der Waals surface area (Å²) in [7, 11) is -0.291. The van der Waals surface area contributed by atoms with Crippen LogP contribution in [0.3, 0.4) is 0 Å². The Labute approximate surface area is 63.4 Å². The van der Waals surface area contributed by atoms with Gasteiger partial charge in [0.1, 0.15) is 0 Å². The van der Waals surface area contributed by atoms with Crippen LogP contribution in [-0.4, -0.2) is 9.52 Å². The van der Waals surface area contributed by atoms with Gasteiger partial charge in [0.05, 0.1) is 9.52 Å². The number of nitrogens with two attached hydrogens (primary N) is 1. The highest BCUT2D eigenvalue weighted by Gasteiger charge is 1.92. The molecule has 0 aliphatic rings. The maximum Gasteiger partial charge on any atom is 0.0802 e. The molecule has 1 rings (SSSR count). The van der Waals surface area contributed by atoms with Crippen LogP contribution < -0.4 is 10.9 Å². The Morgan fingerprint density at radius 1 is 1.40 bits per heavy atom. The Morgan fingerprint density at radius 3 is 2.70 bits per heavy atom. The first-order valence-corrected chi connectivity index (χ1v) is 4.81. The zero-order chi connectivity index (χ0) is 7.40. The van der Waals surface area contributed by atoms with Crippen LogP contribution >= 0.6 is 0 Å². The lowest BCUT2D eigenvalue weighted by Gasteiger charge is -1.98. The van der Waals surface area contributed by atoms with Crippen LogP contribution in [0.25, 0.3) is 0 Å². The molecular weight excluding hydrogens is 138 g/mol. The van der Waals surface area contributed by atoms with Gasteiger partial charge < -0.3 is 5.73 Å². The Kier molecular flexibility index (Phi) is 2.28. The van der Waals surface area contributed by atoms with Gasteiger partial charge in [-0.15, -0.1) is 12.3 Å². The number of nitrogen functional groups attached to an aromatic ring is 1. The van der Waals surface area contributed by atoms with E-state index in [1.807, 2.05) is 23.9 Å². The van der Waals surface area contributed by atoms with Crippen LogP contribution in [0, 0.1) is 0 Å². The Hall–Kier alpha value is -1.02. The van der Waals surface area contributed by atoms with Crippen LogP contribution in [0.15, 0.2) is 36.5 Å². The maximum absolute atomic E-state index is 5.69. The first kappa shape index (κ1) is 7.09. The van der Waals surface area contributed by atoms with Crippen molar-refractivity contribution in [1.82, 2.24) is 0 Å². The molecule has 0 heterocycles. The van der Waals surface area contributed by atoms with Gasteiger partial charge in [-0.3, -0.25) is 0 Å². The van der Waals surface area contributed by atoms with Crippen molar-refractivity contribution in [2.24, 2.45) is 0 Å². The fourth-order valence-electron chi connectivity index (χ4n) is 0.876. The molecule has 2 heteroatoms. The number of hydrogen-bond acceptors (Lipinski definition) is 1. The highest BCUT2D eigenvalue weighted by Crippen LogP contribution is 1.94. The summed E-state index contributed by atoms with van der Waals surface area (Å²) in [5.41, 5.74) is 8.60. The lowest BCUT2D eigenvalue weighted by Crippen LogP contribution is -2.15. The first-order valence-electron chi connectivity index (χ1n) is 3.29. The third-order valence-electron chi connectivity index (χ3n) is 1.42. The molecule has 1 aromatic carbocycles. The molecule has 0 atom stereocenters. The standard InChI is InChI=1S/C8H11NSi/c1-2-10-8-6-4-3-5-7(8)9/h2-6H,1,9-10H2. The fourth-order valence-corrected chi connectivity index (χ4v) is 1.81. The monoisotopic (exact) mass is 149 g/mol. The quantitative estimate of drug-likeness (QED) is 0.472. The summed E-state index contributed by atoms with van der Waals surface area (Å²) < 4.78 is 0. The van der Waals surface area contributed by atoms with E-state index in [4.69, 9.17) is 5.73 Å². The maximum atomic E-state index is 5.69. The average Bonchev–Trinajstić information content (AvgIpc) is 1.94. The smallest absolute Gasteiger partial charge is 0.0802 e. The molecule has 10 heavy (non-hydrogen) atoms. The van der Waals surface area contributed by atoms with Gasteiger partial charge in [0, 0.05) is 5.69 Å². The van der Waals surface area contributed by atoms with Gasteiger partial charge in [0.15, 0.2) is 0 Å². The number of rotatable bonds is 2. The van der Waals surface area contributed by atoms with E-state index < -0.39 is 0 Å². The Bertz CT molecular complexity index is 232. The third kappa shape index (κ3) is 1.48. The largest absolute Gasteiger partial charge is 0.399 e. The molecule has 1 nitrogen and oxygen atoms in total. The second-order valence-electron chi connectivity index (χ2n) is 2.19. The molecular formula is C8H11NSi. The van der Waals surface area contributed by atoms with Crippen LogP contribution in [0.4, 0.5) is 5.69 Å². The summed E-state index contributed by atoms with van der Waals surface area (Å²) in [6.45, 7) is 3.70. The molecule has 0 saturated carbocycles. The van der Waals surface area contributed by atoms with Gasteiger partial charge in [-0.2, -0.15) is 0 Å². The molecule has 0 aliphatic carbocycles. The van der Waals surface area contributed by atoms with Crippen molar-refractivity contribution in [3.63, 3.8) is 0 Å². The average molecular weight is 149 g/mol. The zero-order valence-electron chi connectivity index (χ0n) is 5.88. The lowest BCUT2D eigenvalue weighted by atomic mass is 10.3. The van der Waals surface area contributed by atoms with Crippen molar-refractivity contribution < 1.29 is 0 Å². The topological polar surface area (TPSA) is 26.0 Å². The normalized spacial score (nSPS) is 10.4. The van der Waals surface area contributed by atoms with E-state index in [0.29, 0.717) is 0 Å². The molecule has 0 spiro atoms. The van der Waals surface area contributed by atoms with Crippen molar-refractivity contribution in [3.8, 4) is 0 Å².